The standard InChI is InChI=1S/C18H36N2O2/c1-3-5-15-19-17(21)13-11-9-7-8-10-12-14-18(22)20-16-6-4-2/h3-16H2,1-2H3,(H,19,21)(H,20,22). The van der Waals surface area contributed by atoms with E-state index < -0.39 is 0 Å². The molecule has 2 amide bonds. The lowest BCUT2D eigenvalue weighted by Gasteiger charge is -2.05. The van der Waals surface area contributed by atoms with E-state index in [1.54, 1.807) is 0 Å². The van der Waals surface area contributed by atoms with E-state index in [0.717, 1.165) is 64.5 Å². The quantitative estimate of drug-likeness (QED) is 0.450. The molecule has 0 aliphatic carbocycles. The molecule has 0 spiro atoms. The zero-order valence-electron chi connectivity index (χ0n) is 14.7. The van der Waals surface area contributed by atoms with E-state index >= 15 is 0 Å². The highest BCUT2D eigenvalue weighted by molar-refractivity contribution is 5.76. The van der Waals surface area contributed by atoms with E-state index in [1.807, 2.05) is 0 Å². The van der Waals surface area contributed by atoms with E-state index in [0.29, 0.717) is 12.8 Å². The third-order valence-electron chi connectivity index (χ3n) is 3.76. The van der Waals surface area contributed by atoms with Crippen molar-refractivity contribution in [1.29, 1.82) is 0 Å². The van der Waals surface area contributed by atoms with Gasteiger partial charge in [0.25, 0.3) is 0 Å². The summed E-state index contributed by atoms with van der Waals surface area (Å²) in [5.41, 5.74) is 0. The van der Waals surface area contributed by atoms with Crippen LogP contribution in [0, 0.1) is 0 Å². The Morgan fingerprint density at radius 2 is 0.955 bits per heavy atom. The predicted molar refractivity (Wildman–Crippen MR) is 92.8 cm³/mol. The summed E-state index contributed by atoms with van der Waals surface area (Å²) in [5.74, 6) is 0.384. The molecule has 0 aliphatic heterocycles. The maximum Gasteiger partial charge on any atom is 0.219 e. The Morgan fingerprint density at radius 3 is 1.32 bits per heavy atom. The summed E-state index contributed by atoms with van der Waals surface area (Å²) in [6.07, 6.45) is 12.2. The van der Waals surface area contributed by atoms with Crippen LogP contribution in [0.5, 0.6) is 0 Å². The van der Waals surface area contributed by atoms with Gasteiger partial charge in [0.1, 0.15) is 0 Å². The second-order valence-corrected chi connectivity index (χ2v) is 6.03. The fraction of sp³-hybridized carbons (Fsp3) is 0.889. The molecule has 0 aliphatic rings. The van der Waals surface area contributed by atoms with Crippen molar-refractivity contribution in [2.45, 2.75) is 90.9 Å². The van der Waals surface area contributed by atoms with Gasteiger partial charge in [0, 0.05) is 25.9 Å². The largest absolute Gasteiger partial charge is 0.356 e. The van der Waals surface area contributed by atoms with E-state index in [-0.39, 0.29) is 11.8 Å². The first-order valence-corrected chi connectivity index (χ1v) is 9.24. The van der Waals surface area contributed by atoms with Gasteiger partial charge in [-0.3, -0.25) is 9.59 Å². The Morgan fingerprint density at radius 1 is 0.591 bits per heavy atom. The molecule has 0 radical (unpaired) electrons. The van der Waals surface area contributed by atoms with Crippen LogP contribution in [0.1, 0.15) is 90.9 Å². The molecule has 0 heterocycles. The summed E-state index contributed by atoms with van der Waals surface area (Å²) >= 11 is 0. The molecule has 4 heteroatoms. The Hall–Kier alpha value is -1.06. The zero-order chi connectivity index (χ0) is 16.5. The molecule has 22 heavy (non-hydrogen) atoms. The van der Waals surface area contributed by atoms with Gasteiger partial charge in [-0.05, 0) is 25.7 Å². The smallest absolute Gasteiger partial charge is 0.219 e. The van der Waals surface area contributed by atoms with E-state index in [9.17, 15) is 9.59 Å². The number of carbonyl (C=O) groups excluding carboxylic acids is 2. The predicted octanol–water partition coefficient (Wildman–Crippen LogP) is 3.94. The van der Waals surface area contributed by atoms with Gasteiger partial charge in [-0.25, -0.2) is 0 Å². The monoisotopic (exact) mass is 312 g/mol. The second-order valence-electron chi connectivity index (χ2n) is 6.03. The lowest BCUT2D eigenvalue weighted by atomic mass is 10.1. The van der Waals surface area contributed by atoms with Crippen molar-refractivity contribution < 1.29 is 9.59 Å². The van der Waals surface area contributed by atoms with Gasteiger partial charge >= 0.3 is 0 Å². The third-order valence-corrected chi connectivity index (χ3v) is 3.76. The Kier molecular flexibility index (Phi) is 15.5. The van der Waals surface area contributed by atoms with Crippen molar-refractivity contribution in [2.24, 2.45) is 0 Å². The van der Waals surface area contributed by atoms with Gasteiger partial charge in [0.15, 0.2) is 0 Å². The first-order valence-electron chi connectivity index (χ1n) is 9.24. The van der Waals surface area contributed by atoms with Crippen LogP contribution in [0.25, 0.3) is 0 Å². The zero-order valence-corrected chi connectivity index (χ0v) is 14.7. The molecule has 0 saturated carbocycles. The molecule has 2 N–H and O–H groups in total. The fourth-order valence-corrected chi connectivity index (χ4v) is 2.26. The van der Waals surface area contributed by atoms with Gasteiger partial charge in [0.2, 0.25) is 11.8 Å². The molecule has 0 atom stereocenters. The maximum absolute atomic E-state index is 11.5. The number of rotatable bonds is 15. The third kappa shape index (κ3) is 15.3. The topological polar surface area (TPSA) is 58.2 Å². The minimum Gasteiger partial charge on any atom is -0.356 e. The number of amides is 2. The van der Waals surface area contributed by atoms with Crippen molar-refractivity contribution in [1.82, 2.24) is 10.6 Å². The molecule has 0 aromatic heterocycles. The summed E-state index contributed by atoms with van der Waals surface area (Å²) < 4.78 is 0. The molecule has 0 aromatic carbocycles. The average Bonchev–Trinajstić information content (AvgIpc) is 2.50. The molecule has 0 saturated heterocycles. The molecular formula is C18H36N2O2. The summed E-state index contributed by atoms with van der Waals surface area (Å²) in [4.78, 5) is 23.0. The molecule has 0 rings (SSSR count). The normalized spacial score (nSPS) is 10.5. The number of unbranched alkanes of at least 4 members (excludes halogenated alkanes) is 7. The van der Waals surface area contributed by atoms with Crippen molar-refractivity contribution in [3.05, 3.63) is 0 Å². The highest BCUT2D eigenvalue weighted by atomic mass is 16.2. The van der Waals surface area contributed by atoms with Crippen LogP contribution in [0.3, 0.4) is 0 Å². The van der Waals surface area contributed by atoms with Crippen LogP contribution >= 0.6 is 0 Å². The summed E-state index contributed by atoms with van der Waals surface area (Å²) in [6, 6.07) is 0. The van der Waals surface area contributed by atoms with Crippen LogP contribution < -0.4 is 10.6 Å². The maximum atomic E-state index is 11.5. The van der Waals surface area contributed by atoms with Gasteiger partial charge in [0.05, 0.1) is 0 Å². The molecule has 0 bridgehead atoms. The van der Waals surface area contributed by atoms with Crippen LogP contribution in [-0.4, -0.2) is 24.9 Å². The van der Waals surface area contributed by atoms with Gasteiger partial charge in [-0.1, -0.05) is 52.4 Å². The number of hydrogen-bond donors (Lipinski definition) is 2. The van der Waals surface area contributed by atoms with Crippen molar-refractivity contribution in [3.63, 3.8) is 0 Å². The average molecular weight is 312 g/mol. The lowest BCUT2D eigenvalue weighted by molar-refractivity contribution is -0.122. The molecule has 0 fully saturated rings. The highest BCUT2D eigenvalue weighted by Gasteiger charge is 2.01. The Balaban J connectivity index is 3.23. The van der Waals surface area contributed by atoms with Crippen molar-refractivity contribution in [3.8, 4) is 0 Å². The molecule has 0 unspecified atom stereocenters. The van der Waals surface area contributed by atoms with E-state index in [2.05, 4.69) is 24.5 Å². The molecule has 4 nitrogen and oxygen atoms in total. The van der Waals surface area contributed by atoms with Gasteiger partial charge in [-0.15, -0.1) is 0 Å². The van der Waals surface area contributed by atoms with Crippen LogP contribution in [-0.2, 0) is 9.59 Å². The van der Waals surface area contributed by atoms with Gasteiger partial charge < -0.3 is 10.6 Å². The first-order chi connectivity index (χ1) is 10.7. The number of carbonyl (C=O) groups is 2. The first kappa shape index (κ1) is 20.9. The summed E-state index contributed by atoms with van der Waals surface area (Å²) in [6.45, 7) is 5.88. The number of hydrogen-bond acceptors (Lipinski definition) is 2. The van der Waals surface area contributed by atoms with Crippen LogP contribution in [0.2, 0.25) is 0 Å². The number of nitrogens with one attached hydrogen (secondary N) is 2. The van der Waals surface area contributed by atoms with Crippen LogP contribution in [0.15, 0.2) is 0 Å². The Labute approximate surface area is 136 Å². The van der Waals surface area contributed by atoms with E-state index in [4.69, 9.17) is 0 Å². The Bertz CT molecular complexity index is 252. The van der Waals surface area contributed by atoms with Crippen molar-refractivity contribution in [2.75, 3.05) is 13.1 Å². The van der Waals surface area contributed by atoms with Crippen molar-refractivity contribution >= 4 is 11.8 Å². The minimum atomic E-state index is 0.192. The van der Waals surface area contributed by atoms with E-state index in [1.165, 1.54) is 12.8 Å². The second kappa shape index (κ2) is 16.3. The SMILES string of the molecule is CCCCNC(=O)CCCCCCCCC(=O)NCCCC. The highest BCUT2D eigenvalue weighted by Crippen LogP contribution is 2.08. The van der Waals surface area contributed by atoms with Crippen LogP contribution in [0.4, 0.5) is 0 Å². The molecule has 130 valence electrons. The molecule has 0 aromatic rings. The fourth-order valence-electron chi connectivity index (χ4n) is 2.26. The molecular weight excluding hydrogens is 276 g/mol. The van der Waals surface area contributed by atoms with Gasteiger partial charge in [-0.2, -0.15) is 0 Å². The minimum absolute atomic E-state index is 0.192. The summed E-state index contributed by atoms with van der Waals surface area (Å²) in [5, 5.41) is 5.89. The summed E-state index contributed by atoms with van der Waals surface area (Å²) in [7, 11) is 0. The lowest BCUT2D eigenvalue weighted by Crippen LogP contribution is -2.23.